The average Bonchev–Trinajstić information content (AvgIpc) is 3.53. The van der Waals surface area contributed by atoms with Crippen molar-refractivity contribution in [3.63, 3.8) is 0 Å². The predicted molar refractivity (Wildman–Crippen MR) is 130 cm³/mol. The number of aromatic nitrogens is 3. The fraction of sp³-hybridized carbons (Fsp3) is 0.269. The van der Waals surface area contributed by atoms with Crippen molar-refractivity contribution in [3.8, 4) is 0 Å². The zero-order valence-corrected chi connectivity index (χ0v) is 18.7. The number of carbonyl (C=O) groups is 2. The van der Waals surface area contributed by atoms with Gasteiger partial charge in [0.05, 0.1) is 29.8 Å². The zero-order valence-electron chi connectivity index (χ0n) is 18.7. The number of nitrogens with one attached hydrogen (secondary N) is 1. The molecule has 8 nitrogen and oxygen atoms in total. The highest BCUT2D eigenvalue weighted by atomic mass is 16.5. The number of benzene rings is 1. The molecule has 0 radical (unpaired) electrons. The number of amides is 2. The summed E-state index contributed by atoms with van der Waals surface area (Å²) in [6.45, 7) is 5.35. The molecule has 34 heavy (non-hydrogen) atoms. The minimum atomic E-state index is -0.398. The van der Waals surface area contributed by atoms with Gasteiger partial charge >= 0.3 is 0 Å². The predicted octanol–water partition coefficient (Wildman–Crippen LogP) is 2.74. The molecule has 0 atom stereocenters. The molecule has 0 unspecified atom stereocenters. The Bertz CT molecular complexity index is 1440. The fourth-order valence-corrected chi connectivity index (χ4v) is 5.01. The van der Waals surface area contributed by atoms with E-state index in [-0.39, 0.29) is 5.91 Å². The van der Waals surface area contributed by atoms with E-state index in [1.165, 1.54) is 0 Å². The van der Waals surface area contributed by atoms with Crippen LogP contribution in [0, 0.1) is 0 Å². The van der Waals surface area contributed by atoms with Crippen LogP contribution in [-0.2, 0) is 20.9 Å². The third kappa shape index (κ3) is 3.52. The van der Waals surface area contributed by atoms with Gasteiger partial charge in [-0.2, -0.15) is 0 Å². The number of nitrogens with zero attached hydrogens (tertiary/aromatic N) is 4. The summed E-state index contributed by atoms with van der Waals surface area (Å²) in [5, 5.41) is 3.47. The van der Waals surface area contributed by atoms with Crippen LogP contribution in [0.25, 0.3) is 33.2 Å². The SMILES string of the molecule is O=C1NC(=O)C(n2ccc3ncccc32)=C1c1cn(CCCN2CCOCC2)c2ccccc12. The maximum absolute atomic E-state index is 13.1. The summed E-state index contributed by atoms with van der Waals surface area (Å²) >= 11 is 0. The van der Waals surface area contributed by atoms with Gasteiger partial charge in [-0.3, -0.25) is 24.8 Å². The van der Waals surface area contributed by atoms with E-state index in [1.54, 1.807) is 17.0 Å². The van der Waals surface area contributed by atoms with Crippen LogP contribution in [0.4, 0.5) is 0 Å². The van der Waals surface area contributed by atoms with Crippen molar-refractivity contribution in [1.29, 1.82) is 0 Å². The molecule has 3 aromatic heterocycles. The van der Waals surface area contributed by atoms with Gasteiger partial charge in [-0.15, -0.1) is 0 Å². The second-order valence-electron chi connectivity index (χ2n) is 8.66. The Hall–Kier alpha value is -3.75. The number of fused-ring (bicyclic) bond motifs is 2. The van der Waals surface area contributed by atoms with Gasteiger partial charge in [0, 0.05) is 61.2 Å². The Labute approximate surface area is 196 Å². The van der Waals surface area contributed by atoms with E-state index in [9.17, 15) is 9.59 Å². The van der Waals surface area contributed by atoms with Gasteiger partial charge in [-0.25, -0.2) is 0 Å². The quantitative estimate of drug-likeness (QED) is 0.452. The molecule has 6 rings (SSSR count). The summed E-state index contributed by atoms with van der Waals surface area (Å²) in [6.07, 6.45) is 6.52. The van der Waals surface area contributed by atoms with E-state index >= 15 is 0 Å². The highest BCUT2D eigenvalue weighted by molar-refractivity contribution is 6.47. The minimum Gasteiger partial charge on any atom is -0.379 e. The first kappa shape index (κ1) is 20.8. The van der Waals surface area contributed by atoms with Crippen LogP contribution >= 0.6 is 0 Å². The molecule has 0 aliphatic carbocycles. The van der Waals surface area contributed by atoms with Crippen molar-refractivity contribution in [2.24, 2.45) is 0 Å². The Balaban J connectivity index is 1.42. The number of morpholine rings is 1. The van der Waals surface area contributed by atoms with Gasteiger partial charge in [0.25, 0.3) is 11.8 Å². The summed E-state index contributed by atoms with van der Waals surface area (Å²) in [4.78, 5) is 32.8. The fourth-order valence-electron chi connectivity index (χ4n) is 5.01. The molecule has 5 heterocycles. The largest absolute Gasteiger partial charge is 0.379 e. The summed E-state index contributed by atoms with van der Waals surface area (Å²) < 4.78 is 9.41. The number of rotatable bonds is 6. The van der Waals surface area contributed by atoms with Crippen LogP contribution in [0.5, 0.6) is 0 Å². The van der Waals surface area contributed by atoms with E-state index in [0.29, 0.717) is 11.3 Å². The first-order valence-corrected chi connectivity index (χ1v) is 11.6. The van der Waals surface area contributed by atoms with Crippen LogP contribution in [-0.4, -0.2) is 63.7 Å². The van der Waals surface area contributed by atoms with Gasteiger partial charge in [0.15, 0.2) is 0 Å². The topological polar surface area (TPSA) is 81.4 Å². The molecule has 2 aliphatic heterocycles. The van der Waals surface area contributed by atoms with Gasteiger partial charge in [-0.05, 0) is 30.7 Å². The number of imide groups is 1. The first-order valence-electron chi connectivity index (χ1n) is 11.6. The maximum atomic E-state index is 13.1. The van der Waals surface area contributed by atoms with E-state index in [2.05, 4.69) is 25.8 Å². The van der Waals surface area contributed by atoms with Gasteiger partial charge in [0.2, 0.25) is 0 Å². The van der Waals surface area contributed by atoms with Crippen molar-refractivity contribution in [3.05, 3.63) is 66.6 Å². The van der Waals surface area contributed by atoms with Gasteiger partial charge < -0.3 is 13.9 Å². The monoisotopic (exact) mass is 455 g/mol. The average molecular weight is 456 g/mol. The number of aryl methyl sites for hydroxylation is 1. The molecule has 8 heteroatoms. The zero-order chi connectivity index (χ0) is 23.1. The van der Waals surface area contributed by atoms with Crippen molar-refractivity contribution in [2.75, 3.05) is 32.8 Å². The standard InChI is InChI=1S/C26H25N5O3/c32-25-23(24(26(33)28-25)31-12-8-20-22(31)7-3-9-27-20)19-17-30(21-6-2-1-5-18(19)21)11-4-10-29-13-15-34-16-14-29/h1-3,5-9,12,17H,4,10-11,13-16H2,(H,28,32,33). The lowest BCUT2D eigenvalue weighted by atomic mass is 10.0. The molecule has 2 aliphatic rings. The third-order valence-corrected chi connectivity index (χ3v) is 6.64. The van der Waals surface area contributed by atoms with Gasteiger partial charge in [0.1, 0.15) is 5.70 Å². The lowest BCUT2D eigenvalue weighted by Gasteiger charge is -2.26. The van der Waals surface area contributed by atoms with E-state index in [4.69, 9.17) is 4.74 Å². The van der Waals surface area contributed by atoms with Crippen molar-refractivity contribution < 1.29 is 14.3 Å². The molecule has 172 valence electrons. The first-order chi connectivity index (χ1) is 16.7. The van der Waals surface area contributed by atoms with E-state index < -0.39 is 5.91 Å². The molecule has 1 N–H and O–H groups in total. The number of pyridine rings is 1. The van der Waals surface area contributed by atoms with Crippen molar-refractivity contribution in [1.82, 2.24) is 24.3 Å². The molecule has 0 bridgehead atoms. The number of para-hydroxylation sites is 1. The molecule has 2 amide bonds. The molecular formula is C26H25N5O3. The third-order valence-electron chi connectivity index (χ3n) is 6.64. The number of carbonyl (C=O) groups excluding carboxylic acids is 2. The van der Waals surface area contributed by atoms with E-state index in [0.717, 1.165) is 73.3 Å². The minimum absolute atomic E-state index is 0.337. The van der Waals surface area contributed by atoms with E-state index in [1.807, 2.05) is 42.6 Å². The summed E-state index contributed by atoms with van der Waals surface area (Å²) in [5.74, 6) is -0.771. The molecule has 0 spiro atoms. The second-order valence-corrected chi connectivity index (χ2v) is 8.66. The highest BCUT2D eigenvalue weighted by Gasteiger charge is 2.34. The van der Waals surface area contributed by atoms with Crippen LogP contribution in [0.3, 0.4) is 0 Å². The molecule has 0 saturated carbocycles. The lowest BCUT2D eigenvalue weighted by Crippen LogP contribution is -2.37. The summed E-state index contributed by atoms with van der Waals surface area (Å²) in [6, 6.07) is 13.6. The Kier molecular flexibility index (Phi) is 5.24. The smallest absolute Gasteiger partial charge is 0.275 e. The van der Waals surface area contributed by atoms with Crippen LogP contribution < -0.4 is 5.32 Å². The molecular weight excluding hydrogens is 430 g/mol. The normalized spacial score (nSPS) is 17.3. The number of hydrogen-bond acceptors (Lipinski definition) is 5. The Morgan fingerprint density at radius 1 is 0.941 bits per heavy atom. The number of hydrogen-bond donors (Lipinski definition) is 1. The molecule has 4 aromatic rings. The molecule has 1 fully saturated rings. The Morgan fingerprint density at radius 3 is 2.65 bits per heavy atom. The van der Waals surface area contributed by atoms with Crippen LogP contribution in [0.1, 0.15) is 12.0 Å². The summed E-state index contributed by atoms with van der Waals surface area (Å²) in [5.41, 5.74) is 4.11. The summed E-state index contributed by atoms with van der Waals surface area (Å²) in [7, 11) is 0. The van der Waals surface area contributed by atoms with Gasteiger partial charge in [-0.1, -0.05) is 18.2 Å². The van der Waals surface area contributed by atoms with Crippen molar-refractivity contribution in [2.45, 2.75) is 13.0 Å². The van der Waals surface area contributed by atoms with Crippen LogP contribution in [0.2, 0.25) is 0 Å². The molecule has 1 saturated heterocycles. The molecule has 1 aromatic carbocycles. The lowest BCUT2D eigenvalue weighted by molar-refractivity contribution is -0.122. The maximum Gasteiger partial charge on any atom is 0.275 e. The Morgan fingerprint density at radius 2 is 1.76 bits per heavy atom. The van der Waals surface area contributed by atoms with Crippen LogP contribution in [0.15, 0.2) is 61.1 Å². The highest BCUT2D eigenvalue weighted by Crippen LogP contribution is 2.35. The number of ether oxygens (including phenoxy) is 1. The second kappa shape index (κ2) is 8.55. The van der Waals surface area contributed by atoms with Crippen molar-refractivity contribution >= 4 is 45.0 Å².